The van der Waals surface area contributed by atoms with Gasteiger partial charge in [0, 0.05) is 19.8 Å². The summed E-state index contributed by atoms with van der Waals surface area (Å²) in [7, 11) is 1.67. The normalized spacial score (nSPS) is 13.2. The van der Waals surface area contributed by atoms with Gasteiger partial charge >= 0.3 is 0 Å². The lowest BCUT2D eigenvalue weighted by Crippen LogP contribution is -2.28. The van der Waals surface area contributed by atoms with E-state index in [9.17, 15) is 0 Å². The van der Waals surface area contributed by atoms with E-state index < -0.39 is 0 Å². The molecule has 0 aliphatic heterocycles. The molecule has 0 aromatic carbocycles. The van der Waals surface area contributed by atoms with Crippen molar-refractivity contribution >= 4 is 0 Å². The van der Waals surface area contributed by atoms with Crippen LogP contribution in [0.15, 0.2) is 0 Å². The van der Waals surface area contributed by atoms with Gasteiger partial charge in [-0.1, -0.05) is 20.8 Å². The molecule has 0 saturated carbocycles. The average molecular weight is 247 g/mol. The Morgan fingerprint density at radius 2 is 1.47 bits per heavy atom. The summed E-state index contributed by atoms with van der Waals surface area (Å²) >= 11 is 0. The molecule has 0 amide bonds. The summed E-state index contributed by atoms with van der Waals surface area (Å²) in [6.45, 7) is 11.1. The summed E-state index contributed by atoms with van der Waals surface area (Å²) in [5, 5.41) is 3.43. The Bertz CT molecular complexity index is 154. The number of ether oxygens (including phenoxy) is 3. The van der Waals surface area contributed by atoms with E-state index in [1.54, 1.807) is 7.11 Å². The molecule has 104 valence electrons. The molecule has 0 radical (unpaired) electrons. The molecule has 0 saturated heterocycles. The van der Waals surface area contributed by atoms with Gasteiger partial charge < -0.3 is 19.5 Å². The highest BCUT2D eigenvalue weighted by Crippen LogP contribution is 2.00. The minimum absolute atomic E-state index is 0.563. The Balaban J connectivity index is 3.11. The van der Waals surface area contributed by atoms with Gasteiger partial charge in [0.15, 0.2) is 0 Å². The molecular weight excluding hydrogens is 218 g/mol. The molecule has 0 fully saturated rings. The monoisotopic (exact) mass is 247 g/mol. The number of nitrogens with one attached hydrogen (secondary N) is 1. The van der Waals surface area contributed by atoms with E-state index in [1.165, 1.54) is 0 Å². The standard InChI is InChI=1S/C13H29NO3/c1-12(2)14-11-13(3)5-6-16-9-10-17-8-7-15-4/h12-14H,5-11H2,1-4H3. The van der Waals surface area contributed by atoms with Gasteiger partial charge in [-0.2, -0.15) is 0 Å². The van der Waals surface area contributed by atoms with E-state index >= 15 is 0 Å². The minimum Gasteiger partial charge on any atom is -0.382 e. The third kappa shape index (κ3) is 13.8. The molecule has 17 heavy (non-hydrogen) atoms. The lowest BCUT2D eigenvalue weighted by molar-refractivity contribution is 0.0222. The number of rotatable bonds is 12. The Hall–Kier alpha value is -0.160. The van der Waals surface area contributed by atoms with E-state index in [2.05, 4.69) is 26.1 Å². The van der Waals surface area contributed by atoms with Crippen LogP contribution in [0.2, 0.25) is 0 Å². The quantitative estimate of drug-likeness (QED) is 0.533. The fourth-order valence-electron chi connectivity index (χ4n) is 1.29. The van der Waals surface area contributed by atoms with E-state index in [1.807, 2.05) is 0 Å². The van der Waals surface area contributed by atoms with Gasteiger partial charge in [0.2, 0.25) is 0 Å². The van der Waals surface area contributed by atoms with Crippen molar-refractivity contribution in [1.82, 2.24) is 5.32 Å². The third-order valence-corrected chi connectivity index (χ3v) is 2.43. The van der Waals surface area contributed by atoms with Crippen LogP contribution < -0.4 is 5.32 Å². The lowest BCUT2D eigenvalue weighted by atomic mass is 10.1. The van der Waals surface area contributed by atoms with Crippen LogP contribution in [0.25, 0.3) is 0 Å². The molecule has 0 aliphatic rings. The largest absolute Gasteiger partial charge is 0.382 e. The van der Waals surface area contributed by atoms with Gasteiger partial charge in [0.25, 0.3) is 0 Å². The Morgan fingerprint density at radius 3 is 2.06 bits per heavy atom. The number of hydrogen-bond acceptors (Lipinski definition) is 4. The summed E-state index contributed by atoms with van der Waals surface area (Å²) in [5.41, 5.74) is 0. The van der Waals surface area contributed by atoms with Crippen LogP contribution in [0, 0.1) is 5.92 Å². The molecule has 0 rings (SSSR count). The molecule has 1 atom stereocenters. The van der Waals surface area contributed by atoms with E-state index in [4.69, 9.17) is 14.2 Å². The zero-order valence-electron chi connectivity index (χ0n) is 11.8. The highest BCUT2D eigenvalue weighted by atomic mass is 16.5. The van der Waals surface area contributed by atoms with Crippen LogP contribution in [-0.2, 0) is 14.2 Å². The molecule has 0 aromatic rings. The van der Waals surface area contributed by atoms with Gasteiger partial charge in [-0.05, 0) is 18.9 Å². The predicted molar refractivity (Wildman–Crippen MR) is 70.4 cm³/mol. The van der Waals surface area contributed by atoms with Crippen LogP contribution >= 0.6 is 0 Å². The third-order valence-electron chi connectivity index (χ3n) is 2.43. The summed E-state index contributed by atoms with van der Waals surface area (Å²) in [5.74, 6) is 0.659. The summed E-state index contributed by atoms with van der Waals surface area (Å²) < 4.78 is 15.7. The highest BCUT2D eigenvalue weighted by Gasteiger charge is 2.02. The van der Waals surface area contributed by atoms with Crippen molar-refractivity contribution in [2.24, 2.45) is 5.92 Å². The summed E-state index contributed by atoms with van der Waals surface area (Å²) in [4.78, 5) is 0. The van der Waals surface area contributed by atoms with Crippen LogP contribution in [0.4, 0.5) is 0 Å². The second kappa shape index (κ2) is 12.3. The second-order valence-corrected chi connectivity index (χ2v) is 4.67. The van der Waals surface area contributed by atoms with Gasteiger partial charge in [-0.15, -0.1) is 0 Å². The minimum atomic E-state index is 0.563. The van der Waals surface area contributed by atoms with Crippen molar-refractivity contribution < 1.29 is 14.2 Å². The van der Waals surface area contributed by atoms with Crippen LogP contribution in [-0.4, -0.2) is 52.7 Å². The fourth-order valence-corrected chi connectivity index (χ4v) is 1.29. The van der Waals surface area contributed by atoms with E-state index in [0.29, 0.717) is 38.4 Å². The maximum absolute atomic E-state index is 5.50. The van der Waals surface area contributed by atoms with Crippen molar-refractivity contribution in [3.8, 4) is 0 Å². The maximum Gasteiger partial charge on any atom is 0.0701 e. The Morgan fingerprint density at radius 1 is 0.882 bits per heavy atom. The van der Waals surface area contributed by atoms with Crippen molar-refractivity contribution in [3.63, 3.8) is 0 Å². The molecular formula is C13H29NO3. The van der Waals surface area contributed by atoms with Crippen LogP contribution in [0.1, 0.15) is 27.2 Å². The Labute approximate surface area is 106 Å². The van der Waals surface area contributed by atoms with Crippen molar-refractivity contribution in [3.05, 3.63) is 0 Å². The first-order chi connectivity index (χ1) is 8.16. The first-order valence-electron chi connectivity index (χ1n) is 6.54. The molecule has 0 aliphatic carbocycles. The van der Waals surface area contributed by atoms with Crippen LogP contribution in [0.5, 0.6) is 0 Å². The predicted octanol–water partition coefficient (Wildman–Crippen LogP) is 1.69. The van der Waals surface area contributed by atoms with Crippen LogP contribution in [0.3, 0.4) is 0 Å². The summed E-state index contributed by atoms with van der Waals surface area (Å²) in [6.07, 6.45) is 1.10. The van der Waals surface area contributed by atoms with Gasteiger partial charge in [-0.3, -0.25) is 0 Å². The average Bonchev–Trinajstić information content (AvgIpc) is 2.30. The SMILES string of the molecule is COCCOCCOCCC(C)CNC(C)C. The molecule has 0 bridgehead atoms. The molecule has 0 aromatic heterocycles. The van der Waals surface area contributed by atoms with Gasteiger partial charge in [0.1, 0.15) is 0 Å². The Kier molecular flexibility index (Phi) is 12.2. The van der Waals surface area contributed by atoms with Gasteiger partial charge in [-0.25, -0.2) is 0 Å². The summed E-state index contributed by atoms with van der Waals surface area (Å²) in [6, 6.07) is 0.563. The highest BCUT2D eigenvalue weighted by molar-refractivity contribution is 4.59. The van der Waals surface area contributed by atoms with Gasteiger partial charge in [0.05, 0.1) is 26.4 Å². The van der Waals surface area contributed by atoms with E-state index in [-0.39, 0.29) is 0 Å². The maximum atomic E-state index is 5.50. The van der Waals surface area contributed by atoms with Crippen molar-refractivity contribution in [2.45, 2.75) is 33.2 Å². The second-order valence-electron chi connectivity index (χ2n) is 4.67. The molecule has 4 nitrogen and oxygen atoms in total. The number of hydrogen-bond donors (Lipinski definition) is 1. The zero-order valence-corrected chi connectivity index (χ0v) is 11.8. The van der Waals surface area contributed by atoms with E-state index in [0.717, 1.165) is 19.6 Å². The molecule has 0 heterocycles. The fraction of sp³-hybridized carbons (Fsp3) is 1.00. The smallest absolute Gasteiger partial charge is 0.0701 e. The molecule has 1 N–H and O–H groups in total. The first kappa shape index (κ1) is 16.8. The number of methoxy groups -OCH3 is 1. The van der Waals surface area contributed by atoms with Crippen molar-refractivity contribution in [1.29, 1.82) is 0 Å². The molecule has 1 unspecified atom stereocenters. The zero-order chi connectivity index (χ0) is 12.9. The molecule has 0 spiro atoms. The lowest BCUT2D eigenvalue weighted by Gasteiger charge is -2.14. The molecule has 4 heteroatoms. The first-order valence-corrected chi connectivity index (χ1v) is 6.54. The van der Waals surface area contributed by atoms with Crippen molar-refractivity contribution in [2.75, 3.05) is 46.7 Å². The topological polar surface area (TPSA) is 39.7 Å².